The Bertz CT molecular complexity index is 829. The van der Waals surface area contributed by atoms with Crippen LogP contribution in [0, 0.1) is 0 Å². The third kappa shape index (κ3) is 4.24. The van der Waals surface area contributed by atoms with Gasteiger partial charge < -0.3 is 9.15 Å². The Balaban J connectivity index is 1.53. The highest BCUT2D eigenvalue weighted by atomic mass is 16.5. The van der Waals surface area contributed by atoms with Gasteiger partial charge in [0.25, 0.3) is 0 Å². The first-order valence-corrected chi connectivity index (χ1v) is 7.91. The first-order chi connectivity index (χ1) is 12.1. The first kappa shape index (κ1) is 16.7. The van der Waals surface area contributed by atoms with E-state index in [4.69, 9.17) is 15.0 Å². The predicted molar refractivity (Wildman–Crippen MR) is 94.9 cm³/mol. The van der Waals surface area contributed by atoms with Crippen molar-refractivity contribution in [3.63, 3.8) is 0 Å². The quantitative estimate of drug-likeness (QED) is 0.424. The molecule has 0 spiro atoms. The van der Waals surface area contributed by atoms with Gasteiger partial charge in [0, 0.05) is 18.9 Å². The van der Waals surface area contributed by atoms with Crippen molar-refractivity contribution in [2.45, 2.75) is 13.3 Å². The number of hydrogen-bond acceptors (Lipinski definition) is 5. The summed E-state index contributed by atoms with van der Waals surface area (Å²) in [6, 6.07) is 16.8. The highest BCUT2D eigenvalue weighted by molar-refractivity contribution is 5.90. The number of carbonyl (C=O) groups excluding carboxylic acids is 1. The number of aromatic nitrogens is 1. The minimum absolute atomic E-state index is 0.228. The van der Waals surface area contributed by atoms with E-state index >= 15 is 0 Å². The fourth-order valence-corrected chi connectivity index (χ4v) is 2.29. The van der Waals surface area contributed by atoms with Crippen molar-refractivity contribution in [1.82, 2.24) is 4.98 Å². The zero-order valence-electron chi connectivity index (χ0n) is 13.9. The van der Waals surface area contributed by atoms with Crippen LogP contribution in [0.25, 0.3) is 11.5 Å². The third-order valence-electron chi connectivity index (χ3n) is 3.65. The minimum atomic E-state index is -0.228. The maximum Gasteiger partial charge on any atom is 0.238 e. The average molecular weight is 337 g/mol. The maximum atomic E-state index is 11.2. The number of benzene rings is 2. The molecule has 0 atom stereocenters. The van der Waals surface area contributed by atoms with E-state index in [9.17, 15) is 4.79 Å². The molecule has 3 rings (SSSR count). The van der Waals surface area contributed by atoms with E-state index in [0.29, 0.717) is 30.4 Å². The summed E-state index contributed by atoms with van der Waals surface area (Å²) in [5, 5.41) is 1.09. The van der Waals surface area contributed by atoms with Crippen molar-refractivity contribution in [3.8, 4) is 17.2 Å². The lowest BCUT2D eigenvalue weighted by molar-refractivity contribution is -0.116. The van der Waals surface area contributed by atoms with Crippen molar-refractivity contribution in [3.05, 3.63) is 66.6 Å². The van der Waals surface area contributed by atoms with Crippen LogP contribution in [0.3, 0.4) is 0 Å². The van der Waals surface area contributed by atoms with Crippen LogP contribution in [0.15, 0.2) is 65.3 Å². The molecule has 2 aromatic carbocycles. The van der Waals surface area contributed by atoms with E-state index in [-0.39, 0.29) is 5.91 Å². The third-order valence-corrected chi connectivity index (χ3v) is 3.65. The van der Waals surface area contributed by atoms with Gasteiger partial charge in [0.05, 0.1) is 18.0 Å². The Morgan fingerprint density at radius 1 is 1.16 bits per heavy atom. The molecule has 128 valence electrons. The summed E-state index contributed by atoms with van der Waals surface area (Å²) in [5.41, 5.74) is 2.39. The lowest BCUT2D eigenvalue weighted by Crippen LogP contribution is -2.35. The molecule has 0 aliphatic rings. The van der Waals surface area contributed by atoms with E-state index in [0.717, 1.165) is 16.3 Å². The second-order valence-electron chi connectivity index (χ2n) is 5.49. The molecule has 0 saturated carbocycles. The Morgan fingerprint density at radius 3 is 2.56 bits per heavy atom. The monoisotopic (exact) mass is 337 g/mol. The van der Waals surface area contributed by atoms with Crippen LogP contribution in [0.4, 0.5) is 5.69 Å². The molecule has 6 heteroatoms. The van der Waals surface area contributed by atoms with Crippen molar-refractivity contribution < 1.29 is 13.9 Å². The summed E-state index contributed by atoms with van der Waals surface area (Å²) in [6.45, 7) is 1.88. The smallest absolute Gasteiger partial charge is 0.238 e. The Hall–Kier alpha value is -3.12. The predicted octanol–water partition coefficient (Wildman–Crippen LogP) is 3.19. The van der Waals surface area contributed by atoms with E-state index in [2.05, 4.69) is 4.98 Å². The molecule has 1 heterocycles. The number of ether oxygens (including phenoxy) is 1. The number of hydrogen-bond donors (Lipinski definition) is 1. The number of amides is 1. The minimum Gasteiger partial charge on any atom is -0.493 e. The van der Waals surface area contributed by atoms with Crippen LogP contribution in [0.2, 0.25) is 0 Å². The molecule has 0 unspecified atom stereocenters. The summed E-state index contributed by atoms with van der Waals surface area (Å²) in [7, 11) is 0. The SMILES string of the molecule is CC(=O)N(N)c1ccc(OCCc2coc(-c3ccccc3)n2)cc1. The summed E-state index contributed by atoms with van der Waals surface area (Å²) in [4.78, 5) is 15.7. The van der Waals surface area contributed by atoms with Crippen LogP contribution in [0.5, 0.6) is 5.75 Å². The summed E-state index contributed by atoms with van der Waals surface area (Å²) < 4.78 is 11.2. The number of nitrogens with two attached hydrogens (primary N) is 1. The fourth-order valence-electron chi connectivity index (χ4n) is 2.29. The average Bonchev–Trinajstić information content (AvgIpc) is 3.11. The molecular formula is C19H19N3O3. The van der Waals surface area contributed by atoms with Crippen molar-refractivity contribution in [2.75, 3.05) is 11.6 Å². The lowest BCUT2D eigenvalue weighted by Gasteiger charge is -2.14. The van der Waals surface area contributed by atoms with Crippen LogP contribution in [-0.4, -0.2) is 17.5 Å². The topological polar surface area (TPSA) is 81.6 Å². The van der Waals surface area contributed by atoms with Crippen LogP contribution in [0.1, 0.15) is 12.6 Å². The summed E-state index contributed by atoms with van der Waals surface area (Å²) in [5.74, 6) is 6.72. The second-order valence-corrected chi connectivity index (χ2v) is 5.49. The van der Waals surface area contributed by atoms with E-state index < -0.39 is 0 Å². The molecule has 0 aliphatic heterocycles. The second kappa shape index (κ2) is 7.63. The van der Waals surface area contributed by atoms with Gasteiger partial charge in [-0.05, 0) is 36.4 Å². The Morgan fingerprint density at radius 2 is 1.88 bits per heavy atom. The Labute approximate surface area is 145 Å². The van der Waals surface area contributed by atoms with E-state index in [1.165, 1.54) is 6.92 Å². The number of oxazole rings is 1. The highest BCUT2D eigenvalue weighted by Gasteiger charge is 2.08. The molecule has 0 saturated heterocycles. The molecule has 0 radical (unpaired) electrons. The van der Waals surface area contributed by atoms with Crippen molar-refractivity contribution in [2.24, 2.45) is 5.84 Å². The van der Waals surface area contributed by atoms with E-state index in [1.807, 2.05) is 30.3 Å². The molecule has 0 bridgehead atoms. The first-order valence-electron chi connectivity index (χ1n) is 7.91. The molecule has 1 aromatic heterocycles. The maximum absolute atomic E-state index is 11.2. The van der Waals surface area contributed by atoms with Gasteiger partial charge in [0.2, 0.25) is 11.8 Å². The summed E-state index contributed by atoms with van der Waals surface area (Å²) in [6.07, 6.45) is 2.28. The number of nitrogens with zero attached hydrogens (tertiary/aromatic N) is 2. The highest BCUT2D eigenvalue weighted by Crippen LogP contribution is 2.20. The number of hydrazine groups is 1. The Kier molecular flexibility index (Phi) is 5.11. The molecular weight excluding hydrogens is 318 g/mol. The standard InChI is InChI=1S/C19H19N3O3/c1-14(23)22(20)17-7-9-18(10-8-17)24-12-11-16-13-25-19(21-16)15-5-3-2-4-6-15/h2-10,13H,11-12,20H2,1H3. The molecule has 0 fully saturated rings. The van der Waals surface area contributed by atoms with Gasteiger partial charge in [-0.15, -0.1) is 0 Å². The van der Waals surface area contributed by atoms with Gasteiger partial charge in [-0.2, -0.15) is 0 Å². The van der Waals surface area contributed by atoms with Gasteiger partial charge >= 0.3 is 0 Å². The largest absolute Gasteiger partial charge is 0.493 e. The van der Waals surface area contributed by atoms with Gasteiger partial charge in [0.15, 0.2) is 0 Å². The number of carbonyl (C=O) groups is 1. The van der Waals surface area contributed by atoms with Crippen LogP contribution in [-0.2, 0) is 11.2 Å². The van der Waals surface area contributed by atoms with Crippen molar-refractivity contribution in [1.29, 1.82) is 0 Å². The fraction of sp³-hybridized carbons (Fsp3) is 0.158. The van der Waals surface area contributed by atoms with Gasteiger partial charge in [-0.3, -0.25) is 4.79 Å². The normalized spacial score (nSPS) is 10.5. The molecule has 1 amide bonds. The van der Waals surface area contributed by atoms with E-state index in [1.54, 1.807) is 30.5 Å². The molecule has 25 heavy (non-hydrogen) atoms. The number of rotatable bonds is 6. The van der Waals surface area contributed by atoms with Crippen LogP contribution >= 0.6 is 0 Å². The number of anilines is 1. The summed E-state index contributed by atoms with van der Waals surface area (Å²) >= 11 is 0. The zero-order chi connectivity index (χ0) is 17.6. The molecule has 0 aliphatic carbocycles. The zero-order valence-corrected chi connectivity index (χ0v) is 13.9. The van der Waals surface area contributed by atoms with Gasteiger partial charge in [-0.1, -0.05) is 18.2 Å². The lowest BCUT2D eigenvalue weighted by atomic mass is 10.2. The molecule has 3 aromatic rings. The van der Waals surface area contributed by atoms with Crippen LogP contribution < -0.4 is 15.6 Å². The molecule has 6 nitrogen and oxygen atoms in total. The van der Waals surface area contributed by atoms with Gasteiger partial charge in [0.1, 0.15) is 12.0 Å². The van der Waals surface area contributed by atoms with Gasteiger partial charge in [-0.25, -0.2) is 15.8 Å². The van der Waals surface area contributed by atoms with Crippen molar-refractivity contribution >= 4 is 11.6 Å². The molecule has 2 N–H and O–H groups in total.